The van der Waals surface area contributed by atoms with E-state index < -0.39 is 0 Å². The maximum Gasteiger partial charge on any atom is 0.251 e. The molecule has 0 unspecified atom stereocenters. The summed E-state index contributed by atoms with van der Waals surface area (Å²) in [7, 11) is 1.60. The molecule has 142 valence electrons. The fourth-order valence-electron chi connectivity index (χ4n) is 3.55. The molecule has 3 rings (SSSR count). The Bertz CT molecular complexity index is 751. The van der Waals surface area contributed by atoms with E-state index in [-0.39, 0.29) is 11.8 Å². The van der Waals surface area contributed by atoms with Crippen LogP contribution in [0.4, 0.5) is 5.69 Å². The quantitative estimate of drug-likeness (QED) is 0.827. The van der Waals surface area contributed by atoms with Gasteiger partial charge in [-0.15, -0.1) is 0 Å². The zero-order valence-corrected chi connectivity index (χ0v) is 15.8. The van der Waals surface area contributed by atoms with Crippen LogP contribution in [0.1, 0.15) is 28.8 Å². The summed E-state index contributed by atoms with van der Waals surface area (Å²) in [4.78, 5) is 26.1. The van der Waals surface area contributed by atoms with Crippen LogP contribution < -0.4 is 10.6 Å². The van der Waals surface area contributed by atoms with E-state index in [4.69, 9.17) is 0 Å². The van der Waals surface area contributed by atoms with Gasteiger partial charge in [-0.25, -0.2) is 0 Å². The molecule has 2 amide bonds. The summed E-state index contributed by atoms with van der Waals surface area (Å²) in [5.74, 6) is 0.555. The van der Waals surface area contributed by atoms with Crippen molar-refractivity contribution in [3.63, 3.8) is 0 Å². The van der Waals surface area contributed by atoms with Crippen LogP contribution in [0, 0.1) is 5.92 Å². The molecule has 0 radical (unpaired) electrons. The van der Waals surface area contributed by atoms with Crippen molar-refractivity contribution in [1.29, 1.82) is 0 Å². The zero-order valence-electron chi connectivity index (χ0n) is 15.8. The van der Waals surface area contributed by atoms with Gasteiger partial charge in [0, 0.05) is 18.3 Å². The molecule has 1 aliphatic rings. The lowest BCUT2D eigenvalue weighted by Crippen LogP contribution is -2.39. The number of nitrogens with zero attached hydrogens (tertiary/aromatic N) is 1. The fraction of sp³-hybridized carbons (Fsp3) is 0.364. The van der Waals surface area contributed by atoms with Crippen molar-refractivity contribution in [2.24, 2.45) is 5.92 Å². The Labute approximate surface area is 160 Å². The standard InChI is InChI=1S/C22H27N3O2/c1-23-22(27)19-7-9-20(10-8-19)24-21(26)16-25-13-11-18(12-14-25)15-17-5-3-2-4-6-17/h2-10,18H,11-16H2,1H3,(H,23,27)(H,24,26). The average molecular weight is 365 g/mol. The number of piperidine rings is 1. The molecule has 0 spiro atoms. The first-order chi connectivity index (χ1) is 13.1. The van der Waals surface area contributed by atoms with Gasteiger partial charge in [0.2, 0.25) is 5.91 Å². The van der Waals surface area contributed by atoms with Gasteiger partial charge < -0.3 is 10.6 Å². The molecule has 2 aromatic carbocycles. The lowest BCUT2D eigenvalue weighted by molar-refractivity contribution is -0.117. The van der Waals surface area contributed by atoms with Crippen LogP contribution in [0.5, 0.6) is 0 Å². The first-order valence-electron chi connectivity index (χ1n) is 9.52. The zero-order chi connectivity index (χ0) is 19.1. The van der Waals surface area contributed by atoms with Crippen LogP contribution in [-0.2, 0) is 11.2 Å². The van der Waals surface area contributed by atoms with E-state index in [1.807, 2.05) is 0 Å². The van der Waals surface area contributed by atoms with Crippen LogP contribution >= 0.6 is 0 Å². The lowest BCUT2D eigenvalue weighted by atomic mass is 9.90. The van der Waals surface area contributed by atoms with Gasteiger partial charge >= 0.3 is 0 Å². The monoisotopic (exact) mass is 365 g/mol. The second kappa shape index (κ2) is 9.33. The van der Waals surface area contributed by atoms with Crippen LogP contribution in [0.2, 0.25) is 0 Å². The van der Waals surface area contributed by atoms with E-state index in [0.29, 0.717) is 23.7 Å². The highest BCUT2D eigenvalue weighted by atomic mass is 16.2. The van der Waals surface area contributed by atoms with Gasteiger partial charge in [-0.1, -0.05) is 30.3 Å². The number of hydrogen-bond acceptors (Lipinski definition) is 3. The van der Waals surface area contributed by atoms with E-state index in [2.05, 4.69) is 45.9 Å². The van der Waals surface area contributed by atoms with Crippen molar-refractivity contribution in [2.75, 3.05) is 32.0 Å². The largest absolute Gasteiger partial charge is 0.355 e. The van der Waals surface area contributed by atoms with E-state index >= 15 is 0 Å². The predicted molar refractivity (Wildman–Crippen MR) is 108 cm³/mol. The number of benzene rings is 2. The van der Waals surface area contributed by atoms with Gasteiger partial charge in [0.1, 0.15) is 0 Å². The van der Waals surface area contributed by atoms with Crippen molar-refractivity contribution < 1.29 is 9.59 Å². The molecule has 27 heavy (non-hydrogen) atoms. The number of hydrogen-bond donors (Lipinski definition) is 2. The highest BCUT2D eigenvalue weighted by molar-refractivity contribution is 5.96. The summed E-state index contributed by atoms with van der Waals surface area (Å²) in [6.07, 6.45) is 3.38. The third-order valence-corrected chi connectivity index (χ3v) is 5.10. The summed E-state index contributed by atoms with van der Waals surface area (Å²) >= 11 is 0. The van der Waals surface area contributed by atoms with Crippen molar-refractivity contribution in [3.05, 3.63) is 65.7 Å². The molecule has 2 aromatic rings. The molecule has 0 aromatic heterocycles. The molecule has 5 heteroatoms. The lowest BCUT2D eigenvalue weighted by Gasteiger charge is -2.31. The number of anilines is 1. The van der Waals surface area contributed by atoms with Crippen LogP contribution in [0.15, 0.2) is 54.6 Å². The summed E-state index contributed by atoms with van der Waals surface area (Å²) in [6, 6.07) is 17.6. The van der Waals surface area contributed by atoms with Crippen LogP contribution in [-0.4, -0.2) is 43.4 Å². The molecule has 0 bridgehead atoms. The molecule has 1 aliphatic heterocycles. The SMILES string of the molecule is CNC(=O)c1ccc(NC(=O)CN2CCC(Cc3ccccc3)CC2)cc1. The number of likely N-dealkylation sites (tertiary alicyclic amines) is 1. The number of amides is 2. The highest BCUT2D eigenvalue weighted by Gasteiger charge is 2.21. The maximum absolute atomic E-state index is 12.3. The Balaban J connectivity index is 1.42. The molecule has 1 heterocycles. The van der Waals surface area contributed by atoms with Crippen molar-refractivity contribution >= 4 is 17.5 Å². The summed E-state index contributed by atoms with van der Waals surface area (Å²) in [6.45, 7) is 2.33. The molecule has 0 atom stereocenters. The van der Waals surface area contributed by atoms with Crippen LogP contribution in [0.25, 0.3) is 0 Å². The molecule has 2 N–H and O–H groups in total. The second-order valence-electron chi connectivity index (χ2n) is 7.11. The minimum Gasteiger partial charge on any atom is -0.355 e. The predicted octanol–water partition coefficient (Wildman–Crippen LogP) is 2.94. The number of carbonyl (C=O) groups is 2. The molecule has 5 nitrogen and oxygen atoms in total. The molecule has 0 saturated carbocycles. The Morgan fingerprint density at radius 3 is 2.30 bits per heavy atom. The normalized spacial score (nSPS) is 15.3. The number of nitrogens with one attached hydrogen (secondary N) is 2. The van der Waals surface area contributed by atoms with Crippen LogP contribution in [0.3, 0.4) is 0 Å². The number of rotatable bonds is 6. The smallest absolute Gasteiger partial charge is 0.251 e. The molecular formula is C22H27N3O2. The topological polar surface area (TPSA) is 61.4 Å². The van der Waals surface area contributed by atoms with Gasteiger partial charge in [0.25, 0.3) is 5.91 Å². The third-order valence-electron chi connectivity index (χ3n) is 5.10. The molecule has 0 aliphatic carbocycles. The Kier molecular flexibility index (Phi) is 6.60. The molecule has 1 saturated heterocycles. The van der Waals surface area contributed by atoms with Gasteiger partial charge in [0.15, 0.2) is 0 Å². The number of carbonyl (C=O) groups excluding carboxylic acids is 2. The highest BCUT2D eigenvalue weighted by Crippen LogP contribution is 2.21. The summed E-state index contributed by atoms with van der Waals surface area (Å²) in [5.41, 5.74) is 2.69. The molecular weight excluding hydrogens is 338 g/mol. The minimum atomic E-state index is -0.133. The third kappa shape index (κ3) is 5.66. The van der Waals surface area contributed by atoms with Gasteiger partial charge in [-0.05, 0) is 68.1 Å². The summed E-state index contributed by atoms with van der Waals surface area (Å²) < 4.78 is 0. The van der Waals surface area contributed by atoms with Crippen molar-refractivity contribution in [2.45, 2.75) is 19.3 Å². The van der Waals surface area contributed by atoms with Gasteiger partial charge in [-0.2, -0.15) is 0 Å². The average Bonchev–Trinajstić information content (AvgIpc) is 2.70. The molecule has 1 fully saturated rings. The van der Waals surface area contributed by atoms with Crippen molar-refractivity contribution in [3.8, 4) is 0 Å². The van der Waals surface area contributed by atoms with Crippen molar-refractivity contribution in [1.82, 2.24) is 10.2 Å². The Morgan fingerprint density at radius 1 is 1.00 bits per heavy atom. The van der Waals surface area contributed by atoms with Gasteiger partial charge in [0.05, 0.1) is 6.54 Å². The van der Waals surface area contributed by atoms with Gasteiger partial charge in [-0.3, -0.25) is 14.5 Å². The first-order valence-corrected chi connectivity index (χ1v) is 9.52. The Morgan fingerprint density at radius 2 is 1.67 bits per heavy atom. The minimum absolute atomic E-state index is 0.01000. The van der Waals surface area contributed by atoms with E-state index in [0.717, 1.165) is 32.4 Å². The summed E-state index contributed by atoms with van der Waals surface area (Å²) in [5, 5.41) is 5.49. The second-order valence-corrected chi connectivity index (χ2v) is 7.11. The Hall–Kier alpha value is -2.66. The maximum atomic E-state index is 12.3. The van der Waals surface area contributed by atoms with E-state index in [1.54, 1.807) is 31.3 Å². The first kappa shape index (κ1) is 19.1. The van der Waals surface area contributed by atoms with E-state index in [1.165, 1.54) is 5.56 Å². The van der Waals surface area contributed by atoms with E-state index in [9.17, 15) is 9.59 Å². The fourth-order valence-corrected chi connectivity index (χ4v) is 3.55.